The number of carboxylic acids is 1. The van der Waals surface area contributed by atoms with Crippen LogP contribution in [0.2, 0.25) is 0 Å². The summed E-state index contributed by atoms with van der Waals surface area (Å²) in [6.07, 6.45) is 1.14. The van der Waals surface area contributed by atoms with Gasteiger partial charge in [-0.1, -0.05) is 15.9 Å². The van der Waals surface area contributed by atoms with Crippen molar-refractivity contribution in [2.75, 3.05) is 11.9 Å². The highest BCUT2D eigenvalue weighted by Gasteiger charge is 2.23. The van der Waals surface area contributed by atoms with E-state index in [4.69, 9.17) is 9.84 Å². The zero-order chi connectivity index (χ0) is 13.1. The Kier molecular flexibility index (Phi) is 3.98. The van der Waals surface area contributed by atoms with Crippen molar-refractivity contribution in [1.29, 1.82) is 0 Å². The molecule has 5 nitrogen and oxygen atoms in total. The lowest BCUT2D eigenvalue weighted by atomic mass is 10.2. The van der Waals surface area contributed by atoms with Crippen molar-refractivity contribution in [3.05, 3.63) is 28.2 Å². The summed E-state index contributed by atoms with van der Waals surface area (Å²) in [5, 5.41) is 11.6. The molecule has 1 aliphatic heterocycles. The molecule has 1 atom stereocenters. The number of carboxylic acid groups (broad SMARTS) is 1. The van der Waals surface area contributed by atoms with Gasteiger partial charge in [-0.15, -0.1) is 0 Å². The van der Waals surface area contributed by atoms with Gasteiger partial charge in [0, 0.05) is 16.8 Å². The summed E-state index contributed by atoms with van der Waals surface area (Å²) in [6.45, 7) is 0.594. The molecule has 6 heteroatoms. The van der Waals surface area contributed by atoms with Crippen LogP contribution in [0, 0.1) is 0 Å². The number of carbonyl (C=O) groups excluding carboxylic acids is 1. The summed E-state index contributed by atoms with van der Waals surface area (Å²) >= 11 is 3.21. The predicted octanol–water partition coefficient (Wildman–Crippen LogP) is 2.26. The molecule has 1 amide bonds. The highest BCUT2D eigenvalue weighted by atomic mass is 79.9. The number of carbonyl (C=O) groups is 2. The molecule has 1 heterocycles. The molecule has 1 aliphatic rings. The molecule has 18 heavy (non-hydrogen) atoms. The van der Waals surface area contributed by atoms with Crippen molar-refractivity contribution in [2.45, 2.75) is 18.9 Å². The number of rotatable bonds is 3. The van der Waals surface area contributed by atoms with Gasteiger partial charge in [0.25, 0.3) is 5.91 Å². The number of nitrogens with one attached hydrogen (secondary N) is 1. The van der Waals surface area contributed by atoms with E-state index in [1.165, 1.54) is 12.1 Å². The van der Waals surface area contributed by atoms with Crippen molar-refractivity contribution in [3.8, 4) is 0 Å². The number of hydrogen-bond donors (Lipinski definition) is 2. The molecule has 0 aromatic heterocycles. The maximum atomic E-state index is 11.8. The van der Waals surface area contributed by atoms with Crippen LogP contribution in [0.25, 0.3) is 0 Å². The standard InChI is InChI=1S/C12H12BrNO4/c13-8-4-7(12(16)17)5-9(6-8)14-11(15)10-2-1-3-18-10/h4-6,10H,1-3H2,(H,14,15)(H,16,17)/t10-/m0/s1. The first-order valence-corrected chi connectivity index (χ1v) is 6.32. The topological polar surface area (TPSA) is 75.6 Å². The molecule has 1 fully saturated rings. The van der Waals surface area contributed by atoms with Crippen LogP contribution in [0.15, 0.2) is 22.7 Å². The molecule has 96 valence electrons. The van der Waals surface area contributed by atoms with E-state index in [-0.39, 0.29) is 11.5 Å². The third-order valence-corrected chi connectivity index (χ3v) is 3.09. The second kappa shape index (κ2) is 5.49. The van der Waals surface area contributed by atoms with Crippen LogP contribution in [0.5, 0.6) is 0 Å². The van der Waals surface area contributed by atoms with Gasteiger partial charge in [-0.3, -0.25) is 4.79 Å². The molecule has 0 saturated carbocycles. The average molecular weight is 314 g/mol. The lowest BCUT2D eigenvalue weighted by Gasteiger charge is -2.11. The lowest BCUT2D eigenvalue weighted by Crippen LogP contribution is -2.26. The Morgan fingerprint density at radius 1 is 1.39 bits per heavy atom. The van der Waals surface area contributed by atoms with E-state index in [2.05, 4.69) is 21.2 Å². The first-order chi connectivity index (χ1) is 8.56. The lowest BCUT2D eigenvalue weighted by molar-refractivity contribution is -0.124. The Morgan fingerprint density at radius 3 is 2.78 bits per heavy atom. The molecule has 1 saturated heterocycles. The molecular weight excluding hydrogens is 302 g/mol. The van der Waals surface area contributed by atoms with Crippen LogP contribution >= 0.6 is 15.9 Å². The van der Waals surface area contributed by atoms with Gasteiger partial charge in [-0.05, 0) is 31.0 Å². The van der Waals surface area contributed by atoms with E-state index in [9.17, 15) is 9.59 Å². The highest BCUT2D eigenvalue weighted by molar-refractivity contribution is 9.10. The monoisotopic (exact) mass is 313 g/mol. The molecule has 0 radical (unpaired) electrons. The number of amides is 1. The van der Waals surface area contributed by atoms with Crippen molar-refractivity contribution >= 4 is 33.5 Å². The van der Waals surface area contributed by atoms with Gasteiger partial charge < -0.3 is 15.2 Å². The number of anilines is 1. The van der Waals surface area contributed by atoms with Crippen molar-refractivity contribution < 1.29 is 19.4 Å². The van der Waals surface area contributed by atoms with Gasteiger partial charge in [-0.25, -0.2) is 4.79 Å². The normalized spacial score (nSPS) is 18.6. The largest absolute Gasteiger partial charge is 0.478 e. The summed E-state index contributed by atoms with van der Waals surface area (Å²) in [5.41, 5.74) is 0.564. The van der Waals surface area contributed by atoms with Gasteiger partial charge >= 0.3 is 5.97 Å². The molecule has 2 N–H and O–H groups in total. The quantitative estimate of drug-likeness (QED) is 0.897. The molecule has 0 aliphatic carbocycles. The predicted molar refractivity (Wildman–Crippen MR) is 68.7 cm³/mol. The fourth-order valence-corrected chi connectivity index (χ4v) is 2.29. The fraction of sp³-hybridized carbons (Fsp3) is 0.333. The van der Waals surface area contributed by atoms with E-state index in [0.29, 0.717) is 23.2 Å². The molecule has 0 unspecified atom stereocenters. The fourth-order valence-electron chi connectivity index (χ4n) is 1.79. The highest BCUT2D eigenvalue weighted by Crippen LogP contribution is 2.21. The van der Waals surface area contributed by atoms with Gasteiger partial charge in [0.05, 0.1) is 5.56 Å². The summed E-state index contributed by atoms with van der Waals surface area (Å²) in [6, 6.07) is 4.54. The number of aromatic carboxylic acids is 1. The molecule has 2 rings (SSSR count). The number of halogens is 1. The van der Waals surface area contributed by atoms with Gasteiger partial charge in [0.1, 0.15) is 6.10 Å². The number of ether oxygens (including phenoxy) is 1. The Labute approximate surface area is 112 Å². The Balaban J connectivity index is 2.13. The molecule has 1 aromatic rings. The van der Waals surface area contributed by atoms with Crippen LogP contribution in [0.4, 0.5) is 5.69 Å². The van der Waals surface area contributed by atoms with Crippen LogP contribution in [0.3, 0.4) is 0 Å². The third-order valence-electron chi connectivity index (χ3n) is 2.63. The third kappa shape index (κ3) is 3.08. The van der Waals surface area contributed by atoms with Crippen LogP contribution in [-0.2, 0) is 9.53 Å². The maximum Gasteiger partial charge on any atom is 0.335 e. The first-order valence-electron chi connectivity index (χ1n) is 5.52. The van der Waals surface area contributed by atoms with Gasteiger partial charge in [0.2, 0.25) is 0 Å². The molecule has 1 aromatic carbocycles. The molecule has 0 spiro atoms. The zero-order valence-electron chi connectivity index (χ0n) is 9.48. The van der Waals surface area contributed by atoms with E-state index in [0.717, 1.165) is 6.42 Å². The smallest absolute Gasteiger partial charge is 0.335 e. The molecular formula is C12H12BrNO4. The number of hydrogen-bond acceptors (Lipinski definition) is 3. The van der Waals surface area contributed by atoms with Crippen molar-refractivity contribution in [3.63, 3.8) is 0 Å². The minimum absolute atomic E-state index is 0.118. The summed E-state index contributed by atoms with van der Waals surface area (Å²) in [4.78, 5) is 22.7. The van der Waals surface area contributed by atoms with Crippen LogP contribution in [-0.4, -0.2) is 29.7 Å². The Hall–Kier alpha value is -1.40. The van der Waals surface area contributed by atoms with E-state index < -0.39 is 12.1 Å². The minimum atomic E-state index is -1.04. The van der Waals surface area contributed by atoms with Crippen molar-refractivity contribution in [2.24, 2.45) is 0 Å². The summed E-state index contributed by atoms with van der Waals surface area (Å²) in [7, 11) is 0. The SMILES string of the molecule is O=C(O)c1cc(Br)cc(NC(=O)[C@@H]2CCCO2)c1. The molecule has 0 bridgehead atoms. The average Bonchev–Trinajstić information content (AvgIpc) is 2.81. The second-order valence-corrected chi connectivity index (χ2v) is 4.94. The summed E-state index contributed by atoms with van der Waals surface area (Å²) < 4.78 is 5.86. The Morgan fingerprint density at radius 2 is 2.17 bits per heavy atom. The van der Waals surface area contributed by atoms with E-state index in [1.54, 1.807) is 6.07 Å². The van der Waals surface area contributed by atoms with Gasteiger partial charge in [-0.2, -0.15) is 0 Å². The summed E-state index contributed by atoms with van der Waals surface area (Å²) in [5.74, 6) is -1.27. The van der Waals surface area contributed by atoms with Gasteiger partial charge in [0.15, 0.2) is 0 Å². The van der Waals surface area contributed by atoms with E-state index >= 15 is 0 Å². The Bertz CT molecular complexity index is 483. The van der Waals surface area contributed by atoms with E-state index in [1.807, 2.05) is 0 Å². The van der Waals surface area contributed by atoms with Crippen molar-refractivity contribution in [1.82, 2.24) is 0 Å². The minimum Gasteiger partial charge on any atom is -0.478 e. The second-order valence-electron chi connectivity index (χ2n) is 4.02. The first kappa shape index (κ1) is 13.0. The van der Waals surface area contributed by atoms with Crippen LogP contribution in [0.1, 0.15) is 23.2 Å². The number of benzene rings is 1. The zero-order valence-corrected chi connectivity index (χ0v) is 11.1. The maximum absolute atomic E-state index is 11.8. The van der Waals surface area contributed by atoms with Crippen LogP contribution < -0.4 is 5.32 Å².